The molecule has 0 saturated carbocycles. The molecule has 0 aromatic heterocycles. The van der Waals surface area contributed by atoms with Gasteiger partial charge in [-0.2, -0.15) is 87.3 Å². The van der Waals surface area contributed by atoms with Crippen LogP contribution in [0, 0.1) is 0 Å². The highest BCUT2D eigenvalue weighted by Gasteiger charge is 2.95. The zero-order valence-electron chi connectivity index (χ0n) is 17.9. The molecule has 0 atom stereocenters. The summed E-state index contributed by atoms with van der Waals surface area (Å²) in [4.78, 5) is 0. The molecule has 0 aromatic rings. The maximum Gasteiger partial charge on any atom is 0.460 e. The number of halogens is 17. The lowest BCUT2D eigenvalue weighted by molar-refractivity contribution is -0.461. The van der Waals surface area contributed by atoms with Gasteiger partial charge in [0.1, 0.15) is 0 Å². The Balaban J connectivity index is 5.71. The van der Waals surface area contributed by atoms with Crippen molar-refractivity contribution in [1.82, 2.24) is 0 Å². The highest BCUT2D eigenvalue weighted by atomic mass is 32.1. The molecule has 0 bridgehead atoms. The van der Waals surface area contributed by atoms with Crippen LogP contribution < -0.4 is 0 Å². The van der Waals surface area contributed by atoms with Gasteiger partial charge in [-0.1, -0.05) is 38.5 Å². The van der Waals surface area contributed by atoms with Crippen molar-refractivity contribution in [2.75, 3.05) is 5.75 Å². The average molecular weight is 592 g/mol. The van der Waals surface area contributed by atoms with Gasteiger partial charge in [0, 0.05) is 6.42 Å². The van der Waals surface area contributed by atoms with Crippen LogP contribution in [0.3, 0.4) is 0 Å². The van der Waals surface area contributed by atoms with Crippen LogP contribution in [0.15, 0.2) is 0 Å². The molecule has 0 radical (unpaired) electrons. The van der Waals surface area contributed by atoms with Gasteiger partial charge < -0.3 is 0 Å². The van der Waals surface area contributed by atoms with Crippen LogP contribution in [0.1, 0.15) is 57.8 Å². The number of rotatable bonds is 16. The van der Waals surface area contributed by atoms with Crippen molar-refractivity contribution in [1.29, 1.82) is 0 Å². The first-order valence-electron chi connectivity index (χ1n) is 10.1. The summed E-state index contributed by atoms with van der Waals surface area (Å²) in [6, 6.07) is 0. The van der Waals surface area contributed by atoms with Crippen molar-refractivity contribution in [3.63, 3.8) is 0 Å². The van der Waals surface area contributed by atoms with Crippen molar-refractivity contribution >= 4 is 12.6 Å². The summed E-state index contributed by atoms with van der Waals surface area (Å²) in [6.07, 6.45) is -8.30. The van der Waals surface area contributed by atoms with Gasteiger partial charge in [0.2, 0.25) is 0 Å². The van der Waals surface area contributed by atoms with Crippen LogP contribution in [0.4, 0.5) is 74.6 Å². The standard InChI is InChI=1S/C18H21F17S/c19-11(20,9-7-5-3-1-2-4-6-8-10-36)12(21,22)13(23,24)14(25,26)15(27,28)16(29,30)17(31,32)18(33,34)35/h36H,1-10H2. The first kappa shape index (κ1) is 35.2. The summed E-state index contributed by atoms with van der Waals surface area (Å²) in [5.41, 5.74) is 0. The van der Waals surface area contributed by atoms with Crippen molar-refractivity contribution in [3.8, 4) is 0 Å². The minimum atomic E-state index is -8.57. The van der Waals surface area contributed by atoms with Crippen LogP contribution in [0.2, 0.25) is 0 Å². The maximum absolute atomic E-state index is 13.7. The third-order valence-corrected chi connectivity index (χ3v) is 5.50. The van der Waals surface area contributed by atoms with E-state index in [0.717, 1.165) is 12.8 Å². The van der Waals surface area contributed by atoms with E-state index in [4.69, 9.17) is 0 Å². The molecule has 0 aliphatic carbocycles. The fourth-order valence-corrected chi connectivity index (χ4v) is 3.10. The maximum atomic E-state index is 13.7. The van der Waals surface area contributed by atoms with E-state index in [-0.39, 0.29) is 12.8 Å². The molecule has 18 heteroatoms. The van der Waals surface area contributed by atoms with E-state index in [9.17, 15) is 74.6 Å². The van der Waals surface area contributed by atoms with Gasteiger partial charge in [-0.15, -0.1) is 0 Å². The molecule has 218 valence electrons. The molecule has 0 fully saturated rings. The number of hydrogen-bond donors (Lipinski definition) is 1. The molecule has 0 saturated heterocycles. The van der Waals surface area contributed by atoms with Crippen LogP contribution in [-0.2, 0) is 0 Å². The Morgan fingerprint density at radius 1 is 0.333 bits per heavy atom. The van der Waals surface area contributed by atoms with Crippen LogP contribution in [0.25, 0.3) is 0 Å². The number of unbranched alkanes of at least 4 members (excludes halogenated alkanes) is 7. The fourth-order valence-electron chi connectivity index (χ4n) is 2.87. The number of hydrogen-bond acceptors (Lipinski definition) is 1. The Kier molecular flexibility index (Phi) is 11.2. The Hall–Kier alpha value is -0.840. The van der Waals surface area contributed by atoms with Gasteiger partial charge in [-0.3, -0.25) is 0 Å². The van der Waals surface area contributed by atoms with Crippen molar-refractivity contribution in [2.24, 2.45) is 0 Å². The summed E-state index contributed by atoms with van der Waals surface area (Å²) in [7, 11) is 0. The van der Waals surface area contributed by atoms with E-state index in [2.05, 4.69) is 12.6 Å². The lowest BCUT2D eigenvalue weighted by Crippen LogP contribution is -2.74. The SMILES string of the molecule is FC(F)(F)C(F)(F)C(F)(F)C(F)(F)C(F)(F)C(F)(F)C(F)(F)C(F)(F)CCCCCCCCCCS. The van der Waals surface area contributed by atoms with Gasteiger partial charge in [0.25, 0.3) is 0 Å². The number of thiol groups is 1. The molecule has 0 unspecified atom stereocenters. The molecule has 36 heavy (non-hydrogen) atoms. The zero-order valence-corrected chi connectivity index (χ0v) is 18.8. The Morgan fingerprint density at radius 3 is 0.944 bits per heavy atom. The van der Waals surface area contributed by atoms with Crippen molar-refractivity contribution < 1.29 is 74.6 Å². The molecule has 0 amide bonds. The largest absolute Gasteiger partial charge is 0.460 e. The minimum absolute atomic E-state index is 0.0753. The van der Waals surface area contributed by atoms with Crippen molar-refractivity contribution in [3.05, 3.63) is 0 Å². The van der Waals surface area contributed by atoms with E-state index < -0.39 is 60.5 Å². The van der Waals surface area contributed by atoms with Gasteiger partial charge in [0.05, 0.1) is 0 Å². The van der Waals surface area contributed by atoms with Crippen LogP contribution >= 0.6 is 12.6 Å². The topological polar surface area (TPSA) is 0 Å². The molecule has 0 N–H and O–H groups in total. The molecular formula is C18H21F17S. The molecule has 0 heterocycles. The van der Waals surface area contributed by atoms with Crippen molar-refractivity contribution in [2.45, 2.75) is 105 Å². The Labute approximate surface area is 199 Å². The molecule has 0 nitrogen and oxygen atoms in total. The second-order valence-corrected chi connectivity index (χ2v) is 8.40. The quantitative estimate of drug-likeness (QED) is 0.103. The lowest BCUT2D eigenvalue weighted by Gasteiger charge is -2.42. The highest BCUT2D eigenvalue weighted by molar-refractivity contribution is 7.80. The van der Waals surface area contributed by atoms with Gasteiger partial charge in [-0.05, 0) is 18.6 Å². The second-order valence-electron chi connectivity index (χ2n) is 7.95. The molecule has 0 spiro atoms. The predicted octanol–water partition coefficient (Wildman–Crippen LogP) is 9.44. The smallest absolute Gasteiger partial charge is 0.200 e. The summed E-state index contributed by atoms with van der Waals surface area (Å²) >= 11 is 3.94. The van der Waals surface area contributed by atoms with Crippen LogP contribution in [0.5, 0.6) is 0 Å². The third kappa shape index (κ3) is 6.24. The zero-order chi connectivity index (χ0) is 29.1. The fraction of sp³-hybridized carbons (Fsp3) is 1.00. The van der Waals surface area contributed by atoms with E-state index in [1.54, 1.807) is 0 Å². The second kappa shape index (κ2) is 11.5. The Morgan fingerprint density at radius 2 is 0.611 bits per heavy atom. The predicted molar refractivity (Wildman–Crippen MR) is 96.1 cm³/mol. The third-order valence-electron chi connectivity index (χ3n) is 5.19. The first-order valence-corrected chi connectivity index (χ1v) is 10.8. The molecule has 0 aliphatic heterocycles. The molecule has 0 rings (SSSR count). The summed E-state index contributed by atoms with van der Waals surface area (Å²) < 4.78 is 224. The summed E-state index contributed by atoms with van der Waals surface area (Å²) in [5, 5.41) is 0. The average Bonchev–Trinajstić information content (AvgIpc) is 2.70. The molecular weight excluding hydrogens is 571 g/mol. The molecule has 0 aromatic carbocycles. The van der Waals surface area contributed by atoms with E-state index in [1.807, 2.05) is 0 Å². The monoisotopic (exact) mass is 592 g/mol. The minimum Gasteiger partial charge on any atom is -0.200 e. The van der Waals surface area contributed by atoms with Crippen LogP contribution in [-0.4, -0.2) is 53.4 Å². The van der Waals surface area contributed by atoms with Gasteiger partial charge >= 0.3 is 47.6 Å². The highest BCUT2D eigenvalue weighted by Crippen LogP contribution is 2.64. The molecule has 0 aliphatic rings. The Bertz CT molecular complexity index is 684. The number of alkyl halides is 17. The summed E-state index contributed by atoms with van der Waals surface area (Å²) in [6.45, 7) is 0. The lowest BCUT2D eigenvalue weighted by atomic mass is 9.87. The van der Waals surface area contributed by atoms with E-state index in [0.29, 0.717) is 25.0 Å². The van der Waals surface area contributed by atoms with Gasteiger partial charge in [-0.25, -0.2) is 0 Å². The normalized spacial score (nSPS) is 15.5. The first-order chi connectivity index (χ1) is 15.8. The summed E-state index contributed by atoms with van der Waals surface area (Å²) in [5.74, 6) is -55.1. The van der Waals surface area contributed by atoms with Gasteiger partial charge in [0.15, 0.2) is 0 Å². The van der Waals surface area contributed by atoms with E-state index >= 15 is 0 Å². The van der Waals surface area contributed by atoms with E-state index in [1.165, 1.54) is 0 Å².